The number of benzene rings is 1. The van der Waals surface area contributed by atoms with Gasteiger partial charge in [-0.1, -0.05) is 6.07 Å². The van der Waals surface area contributed by atoms with Gasteiger partial charge in [0.15, 0.2) is 17.0 Å². The Kier molecular flexibility index (Phi) is 5.74. The van der Waals surface area contributed by atoms with Crippen molar-refractivity contribution < 1.29 is 4.79 Å². The second-order valence-electron chi connectivity index (χ2n) is 7.39. The zero-order valence-electron chi connectivity index (χ0n) is 17.6. The van der Waals surface area contributed by atoms with Gasteiger partial charge in [-0.2, -0.15) is 0 Å². The molecule has 1 amide bonds. The molecule has 3 aromatic heterocycles. The summed E-state index contributed by atoms with van der Waals surface area (Å²) in [7, 11) is 0. The molecule has 31 heavy (non-hydrogen) atoms. The van der Waals surface area contributed by atoms with Crippen molar-refractivity contribution in [1.29, 1.82) is 0 Å². The first-order valence-corrected chi connectivity index (χ1v) is 10.0. The van der Waals surface area contributed by atoms with Crippen LogP contribution in [0.25, 0.3) is 11.2 Å². The summed E-state index contributed by atoms with van der Waals surface area (Å²) >= 11 is 0. The van der Waals surface area contributed by atoms with Gasteiger partial charge >= 0.3 is 0 Å². The van der Waals surface area contributed by atoms with Crippen LogP contribution < -0.4 is 16.0 Å². The Balaban J connectivity index is 1.63. The molecule has 0 aliphatic heterocycles. The first kappa shape index (κ1) is 20.3. The van der Waals surface area contributed by atoms with E-state index in [1.807, 2.05) is 42.6 Å². The van der Waals surface area contributed by atoms with Gasteiger partial charge in [0.25, 0.3) is 0 Å². The first-order chi connectivity index (χ1) is 15.0. The lowest BCUT2D eigenvalue weighted by atomic mass is 10.2. The van der Waals surface area contributed by atoms with E-state index < -0.39 is 0 Å². The lowest BCUT2D eigenvalue weighted by molar-refractivity contribution is -0.114. The number of carbonyl (C=O) groups excluding carboxylic acids is 1. The number of hydrogen-bond acceptors (Lipinski definition) is 7. The smallest absolute Gasteiger partial charge is 0.221 e. The molecule has 0 fully saturated rings. The van der Waals surface area contributed by atoms with Crippen molar-refractivity contribution in [3.05, 3.63) is 60.7 Å². The van der Waals surface area contributed by atoms with Gasteiger partial charge < -0.3 is 16.0 Å². The van der Waals surface area contributed by atoms with Gasteiger partial charge in [0.1, 0.15) is 6.33 Å². The average molecular weight is 416 g/mol. The minimum absolute atomic E-state index is 0.108. The normalized spacial score (nSPS) is 11.0. The summed E-state index contributed by atoms with van der Waals surface area (Å²) < 4.78 is 2.05. The maximum absolute atomic E-state index is 11.2. The van der Waals surface area contributed by atoms with Crippen molar-refractivity contribution in [2.24, 2.45) is 0 Å². The molecular formula is C22H24N8O. The minimum Gasteiger partial charge on any atom is -0.351 e. The lowest BCUT2D eigenvalue weighted by Crippen LogP contribution is -2.10. The second-order valence-corrected chi connectivity index (χ2v) is 7.39. The van der Waals surface area contributed by atoms with Crippen LogP contribution >= 0.6 is 0 Å². The SMILES string of the molecule is CC(=O)Nc1ccc(Nc2ncnc3c2nc(NCc2cccnc2)n3C(C)C)cc1. The van der Waals surface area contributed by atoms with Crippen LogP contribution in [0.15, 0.2) is 55.1 Å². The Morgan fingerprint density at radius 1 is 1.10 bits per heavy atom. The highest BCUT2D eigenvalue weighted by atomic mass is 16.1. The summed E-state index contributed by atoms with van der Waals surface area (Å²) in [4.78, 5) is 29.0. The molecule has 0 bridgehead atoms. The van der Waals surface area contributed by atoms with Crippen molar-refractivity contribution in [2.45, 2.75) is 33.4 Å². The average Bonchev–Trinajstić information content (AvgIpc) is 3.14. The predicted octanol–water partition coefficient (Wildman–Crippen LogP) is 4.12. The number of carbonyl (C=O) groups is 1. The summed E-state index contributed by atoms with van der Waals surface area (Å²) in [5.41, 5.74) is 4.05. The molecule has 0 saturated carbocycles. The molecule has 0 radical (unpaired) electrons. The topological polar surface area (TPSA) is 110 Å². The van der Waals surface area contributed by atoms with E-state index in [1.54, 1.807) is 6.20 Å². The first-order valence-electron chi connectivity index (χ1n) is 10.0. The highest BCUT2D eigenvalue weighted by Crippen LogP contribution is 2.28. The lowest BCUT2D eigenvalue weighted by Gasteiger charge is -2.13. The van der Waals surface area contributed by atoms with Crippen molar-refractivity contribution in [3.63, 3.8) is 0 Å². The van der Waals surface area contributed by atoms with Crippen molar-refractivity contribution in [3.8, 4) is 0 Å². The van der Waals surface area contributed by atoms with Crippen LogP contribution in [0.1, 0.15) is 32.4 Å². The predicted molar refractivity (Wildman–Crippen MR) is 121 cm³/mol. The quantitative estimate of drug-likeness (QED) is 0.416. The highest BCUT2D eigenvalue weighted by Gasteiger charge is 2.18. The standard InChI is InChI=1S/C22H24N8O/c1-14(2)30-21-19(29-22(30)24-12-16-5-4-10-23-11-16)20(25-13-26-21)28-18-8-6-17(7-9-18)27-15(3)31/h4-11,13-14H,12H2,1-3H3,(H,24,29)(H,27,31)(H,25,26,28). The molecule has 4 aromatic rings. The second kappa shape index (κ2) is 8.78. The molecule has 0 aliphatic carbocycles. The number of nitrogens with zero attached hydrogens (tertiary/aromatic N) is 5. The molecule has 0 unspecified atom stereocenters. The van der Waals surface area contributed by atoms with Gasteiger partial charge in [0, 0.05) is 43.3 Å². The van der Waals surface area contributed by atoms with E-state index in [0.29, 0.717) is 17.9 Å². The Hall–Kier alpha value is -4.01. The van der Waals surface area contributed by atoms with Gasteiger partial charge in [-0.05, 0) is 49.7 Å². The molecule has 1 aromatic carbocycles. The number of amides is 1. The Labute approximate surface area is 180 Å². The van der Waals surface area contributed by atoms with Crippen LogP contribution in [0.5, 0.6) is 0 Å². The van der Waals surface area contributed by atoms with E-state index in [4.69, 9.17) is 4.98 Å². The number of aromatic nitrogens is 5. The Morgan fingerprint density at radius 3 is 2.55 bits per heavy atom. The van der Waals surface area contributed by atoms with E-state index in [1.165, 1.54) is 13.3 Å². The fourth-order valence-electron chi connectivity index (χ4n) is 3.27. The van der Waals surface area contributed by atoms with E-state index in [2.05, 4.69) is 49.3 Å². The van der Waals surface area contributed by atoms with Crippen LogP contribution in [0, 0.1) is 0 Å². The zero-order chi connectivity index (χ0) is 21.8. The molecular weight excluding hydrogens is 392 g/mol. The Bertz CT molecular complexity index is 1190. The molecule has 0 spiro atoms. The zero-order valence-corrected chi connectivity index (χ0v) is 17.6. The number of fused-ring (bicyclic) bond motifs is 1. The van der Waals surface area contributed by atoms with Crippen LogP contribution in [0.4, 0.5) is 23.1 Å². The van der Waals surface area contributed by atoms with E-state index in [-0.39, 0.29) is 11.9 Å². The number of rotatable bonds is 7. The summed E-state index contributed by atoms with van der Waals surface area (Å²) in [5.74, 6) is 1.23. The molecule has 0 aliphatic rings. The molecule has 9 nitrogen and oxygen atoms in total. The molecule has 4 rings (SSSR count). The van der Waals surface area contributed by atoms with Gasteiger partial charge in [-0.3, -0.25) is 14.3 Å². The monoisotopic (exact) mass is 416 g/mol. The molecule has 158 valence electrons. The largest absolute Gasteiger partial charge is 0.351 e. The summed E-state index contributed by atoms with van der Waals surface area (Å²) in [6.45, 7) is 6.26. The van der Waals surface area contributed by atoms with Gasteiger partial charge in [-0.15, -0.1) is 0 Å². The minimum atomic E-state index is -0.108. The molecule has 9 heteroatoms. The van der Waals surface area contributed by atoms with Gasteiger partial charge in [-0.25, -0.2) is 15.0 Å². The summed E-state index contributed by atoms with van der Waals surface area (Å²) in [6.07, 6.45) is 5.11. The summed E-state index contributed by atoms with van der Waals surface area (Å²) in [6, 6.07) is 11.5. The fourth-order valence-corrected chi connectivity index (χ4v) is 3.27. The fraction of sp³-hybridized carbons (Fsp3) is 0.227. The third-order valence-electron chi connectivity index (χ3n) is 4.63. The van der Waals surface area contributed by atoms with Gasteiger partial charge in [0.05, 0.1) is 0 Å². The molecule has 0 saturated heterocycles. The third kappa shape index (κ3) is 4.61. The number of pyridine rings is 1. The highest BCUT2D eigenvalue weighted by molar-refractivity contribution is 5.90. The summed E-state index contributed by atoms with van der Waals surface area (Å²) in [5, 5.41) is 9.45. The van der Waals surface area contributed by atoms with E-state index in [0.717, 1.165) is 28.5 Å². The van der Waals surface area contributed by atoms with E-state index >= 15 is 0 Å². The molecule has 3 N–H and O–H groups in total. The van der Waals surface area contributed by atoms with Crippen LogP contribution in [-0.2, 0) is 11.3 Å². The maximum Gasteiger partial charge on any atom is 0.221 e. The van der Waals surface area contributed by atoms with Crippen LogP contribution in [0.3, 0.4) is 0 Å². The molecule has 0 atom stereocenters. The van der Waals surface area contributed by atoms with Crippen LogP contribution in [0.2, 0.25) is 0 Å². The maximum atomic E-state index is 11.2. The van der Waals surface area contributed by atoms with Crippen molar-refractivity contribution in [2.75, 3.05) is 16.0 Å². The number of hydrogen-bond donors (Lipinski definition) is 3. The van der Waals surface area contributed by atoms with Crippen molar-refractivity contribution >= 4 is 40.2 Å². The number of nitrogens with one attached hydrogen (secondary N) is 3. The van der Waals surface area contributed by atoms with Crippen molar-refractivity contribution in [1.82, 2.24) is 24.5 Å². The number of anilines is 4. The molecule has 3 heterocycles. The van der Waals surface area contributed by atoms with Crippen LogP contribution in [-0.4, -0.2) is 30.4 Å². The van der Waals surface area contributed by atoms with Gasteiger partial charge in [0.2, 0.25) is 11.9 Å². The number of imidazole rings is 1. The third-order valence-corrected chi connectivity index (χ3v) is 4.63. The Morgan fingerprint density at radius 2 is 1.87 bits per heavy atom. The van der Waals surface area contributed by atoms with E-state index in [9.17, 15) is 4.79 Å².